The number of nitrogens with one attached hydrogen (secondary N) is 1. The van der Waals surface area contributed by atoms with Crippen LogP contribution in [0.5, 0.6) is 0 Å². The summed E-state index contributed by atoms with van der Waals surface area (Å²) in [6, 6.07) is 0. The second-order valence-electron chi connectivity index (χ2n) is 3.36. The molecule has 0 aliphatic rings. The Bertz CT molecular complexity index is 351. The van der Waals surface area contributed by atoms with Crippen molar-refractivity contribution in [1.82, 2.24) is 5.32 Å². The smallest absolute Gasteiger partial charge is 0.317 e. The summed E-state index contributed by atoms with van der Waals surface area (Å²) >= 11 is 0. The van der Waals surface area contributed by atoms with E-state index in [1.807, 2.05) is 5.32 Å². The third-order valence-electron chi connectivity index (χ3n) is 1.59. The van der Waals surface area contributed by atoms with Gasteiger partial charge in [0, 0.05) is 12.8 Å². The quantitative estimate of drug-likeness (QED) is 0.368. The van der Waals surface area contributed by atoms with Crippen molar-refractivity contribution in [1.29, 1.82) is 0 Å². The van der Waals surface area contributed by atoms with Gasteiger partial charge in [0.2, 0.25) is 11.8 Å². The fourth-order valence-electron chi connectivity index (χ4n) is 0.721. The fraction of sp³-hybridized carbons (Fsp3) is 0.500. The van der Waals surface area contributed by atoms with E-state index in [1.54, 1.807) is 0 Å². The summed E-state index contributed by atoms with van der Waals surface area (Å²) in [5, 5.41) is 25.9. The Balaban J connectivity index is 0. The van der Waals surface area contributed by atoms with Crippen LogP contribution in [0.25, 0.3) is 0 Å². The van der Waals surface area contributed by atoms with E-state index >= 15 is 0 Å². The molecule has 6 N–H and O–H groups in total. The number of carboxylic acids is 3. The van der Waals surface area contributed by atoms with Crippen molar-refractivity contribution < 1.29 is 39.3 Å². The van der Waals surface area contributed by atoms with Crippen LogP contribution in [0.2, 0.25) is 0 Å². The summed E-state index contributed by atoms with van der Waals surface area (Å²) in [5.74, 6) is -4.67. The number of carboxylic acid groups (broad SMARTS) is 3. The molecule has 0 aromatic heterocycles. The first kappa shape index (κ1) is 19.8. The SMILES string of the molecule is NCC(=O)O.O=C(O)CCC(=O)NC(=O)CCC(=O)O. The second kappa shape index (κ2) is 11.6. The first-order chi connectivity index (χ1) is 9.18. The molecule has 10 nitrogen and oxygen atoms in total. The monoisotopic (exact) mass is 292 g/mol. The van der Waals surface area contributed by atoms with Gasteiger partial charge >= 0.3 is 17.9 Å². The first-order valence-corrected chi connectivity index (χ1v) is 5.37. The van der Waals surface area contributed by atoms with Gasteiger partial charge in [-0.1, -0.05) is 0 Å². The lowest BCUT2D eigenvalue weighted by molar-refractivity contribution is -0.140. The topological polar surface area (TPSA) is 184 Å². The second-order valence-corrected chi connectivity index (χ2v) is 3.36. The highest BCUT2D eigenvalue weighted by Gasteiger charge is 2.10. The summed E-state index contributed by atoms with van der Waals surface area (Å²) in [6.45, 7) is -0.278. The summed E-state index contributed by atoms with van der Waals surface area (Å²) in [6.07, 6.45) is -1.32. The van der Waals surface area contributed by atoms with Gasteiger partial charge < -0.3 is 21.1 Å². The average molecular weight is 292 g/mol. The van der Waals surface area contributed by atoms with Crippen molar-refractivity contribution >= 4 is 29.7 Å². The van der Waals surface area contributed by atoms with E-state index < -0.39 is 29.7 Å². The Morgan fingerprint density at radius 2 is 1.00 bits per heavy atom. The third kappa shape index (κ3) is 17.9. The minimum absolute atomic E-state index is 0.278. The van der Waals surface area contributed by atoms with Crippen LogP contribution in [0.4, 0.5) is 0 Å². The normalized spacial score (nSPS) is 8.85. The maximum atomic E-state index is 10.9. The van der Waals surface area contributed by atoms with E-state index in [-0.39, 0.29) is 32.2 Å². The molecule has 2 amide bonds. The van der Waals surface area contributed by atoms with E-state index in [0.717, 1.165) is 0 Å². The highest BCUT2D eigenvalue weighted by molar-refractivity contribution is 5.96. The van der Waals surface area contributed by atoms with Crippen LogP contribution in [0.1, 0.15) is 25.7 Å². The summed E-state index contributed by atoms with van der Waals surface area (Å²) in [4.78, 5) is 51.1. The van der Waals surface area contributed by atoms with Gasteiger partial charge in [0.15, 0.2) is 0 Å². The number of carbonyl (C=O) groups excluding carboxylic acids is 2. The molecule has 0 rings (SSSR count). The van der Waals surface area contributed by atoms with Gasteiger partial charge in [-0.2, -0.15) is 0 Å². The highest BCUT2D eigenvalue weighted by atomic mass is 16.4. The summed E-state index contributed by atoms with van der Waals surface area (Å²) in [5.41, 5.74) is 4.57. The number of nitrogens with two attached hydrogens (primary N) is 1. The van der Waals surface area contributed by atoms with E-state index in [1.165, 1.54) is 0 Å². The predicted molar refractivity (Wildman–Crippen MR) is 63.6 cm³/mol. The fourth-order valence-corrected chi connectivity index (χ4v) is 0.721. The molecular formula is C10H16N2O8. The van der Waals surface area contributed by atoms with Gasteiger partial charge in [-0.05, 0) is 0 Å². The van der Waals surface area contributed by atoms with Crippen molar-refractivity contribution in [3.05, 3.63) is 0 Å². The highest BCUT2D eigenvalue weighted by Crippen LogP contribution is 1.92. The first-order valence-electron chi connectivity index (χ1n) is 5.37. The summed E-state index contributed by atoms with van der Waals surface area (Å²) in [7, 11) is 0. The van der Waals surface area contributed by atoms with Crippen molar-refractivity contribution in [2.24, 2.45) is 5.73 Å². The van der Waals surface area contributed by atoms with Gasteiger partial charge in [-0.3, -0.25) is 29.3 Å². The molecule has 0 aromatic carbocycles. The van der Waals surface area contributed by atoms with E-state index in [4.69, 9.17) is 15.3 Å². The number of hydrogen-bond acceptors (Lipinski definition) is 6. The molecule has 0 atom stereocenters. The molecule has 10 heteroatoms. The molecule has 0 aliphatic carbocycles. The van der Waals surface area contributed by atoms with E-state index in [0.29, 0.717) is 0 Å². The van der Waals surface area contributed by atoms with Crippen molar-refractivity contribution in [2.45, 2.75) is 25.7 Å². The van der Waals surface area contributed by atoms with Gasteiger partial charge in [0.05, 0.1) is 19.4 Å². The van der Waals surface area contributed by atoms with Crippen LogP contribution in [0.3, 0.4) is 0 Å². The Morgan fingerprint density at radius 1 is 0.700 bits per heavy atom. The van der Waals surface area contributed by atoms with E-state index in [2.05, 4.69) is 5.73 Å². The number of aliphatic carboxylic acids is 3. The molecule has 0 aromatic rings. The molecule has 0 saturated carbocycles. The summed E-state index contributed by atoms with van der Waals surface area (Å²) < 4.78 is 0. The standard InChI is InChI=1S/C8H11NO6.C2H5NO2/c10-5(1-3-7(12)13)9-6(11)2-4-8(14)15;3-1-2(4)5/h1-4H2,(H,12,13)(H,14,15)(H,9,10,11);1,3H2,(H,4,5). The van der Waals surface area contributed by atoms with Crippen LogP contribution in [0, 0.1) is 0 Å². The van der Waals surface area contributed by atoms with Gasteiger partial charge in [0.1, 0.15) is 0 Å². The minimum atomic E-state index is -1.14. The Labute approximate surface area is 113 Å². The zero-order valence-electron chi connectivity index (χ0n) is 10.5. The van der Waals surface area contributed by atoms with E-state index in [9.17, 15) is 24.0 Å². The molecule has 0 spiro atoms. The van der Waals surface area contributed by atoms with Gasteiger partial charge in [-0.15, -0.1) is 0 Å². The van der Waals surface area contributed by atoms with Crippen LogP contribution in [-0.4, -0.2) is 51.6 Å². The van der Waals surface area contributed by atoms with Gasteiger partial charge in [0.25, 0.3) is 0 Å². The molecule has 0 heterocycles. The number of amides is 2. The molecule has 0 fully saturated rings. The molecule has 20 heavy (non-hydrogen) atoms. The predicted octanol–water partition coefficient (Wildman–Crippen LogP) is -1.61. The zero-order chi connectivity index (χ0) is 16.1. The largest absolute Gasteiger partial charge is 0.481 e. The Hall–Kier alpha value is -2.49. The zero-order valence-corrected chi connectivity index (χ0v) is 10.5. The van der Waals surface area contributed by atoms with Gasteiger partial charge in [-0.25, -0.2) is 0 Å². The number of hydrogen-bond donors (Lipinski definition) is 5. The average Bonchev–Trinajstić information content (AvgIpc) is 2.34. The molecule has 114 valence electrons. The molecule has 0 bridgehead atoms. The maximum Gasteiger partial charge on any atom is 0.317 e. The lowest BCUT2D eigenvalue weighted by Gasteiger charge is -2.01. The number of carbonyl (C=O) groups is 5. The molecular weight excluding hydrogens is 276 g/mol. The van der Waals surface area contributed by atoms with Crippen LogP contribution < -0.4 is 11.1 Å². The number of imide groups is 1. The maximum absolute atomic E-state index is 10.9. The minimum Gasteiger partial charge on any atom is -0.481 e. The number of rotatable bonds is 7. The Kier molecular flexibility index (Phi) is 11.5. The molecule has 0 aliphatic heterocycles. The van der Waals surface area contributed by atoms with Crippen LogP contribution >= 0.6 is 0 Å². The van der Waals surface area contributed by atoms with Crippen molar-refractivity contribution in [3.8, 4) is 0 Å². The third-order valence-corrected chi connectivity index (χ3v) is 1.59. The lowest BCUT2D eigenvalue weighted by atomic mass is 10.2. The molecule has 0 radical (unpaired) electrons. The lowest BCUT2D eigenvalue weighted by Crippen LogP contribution is -2.30. The van der Waals surface area contributed by atoms with Crippen LogP contribution in [0.15, 0.2) is 0 Å². The molecule has 0 saturated heterocycles. The van der Waals surface area contributed by atoms with Crippen molar-refractivity contribution in [3.63, 3.8) is 0 Å². The molecule has 0 unspecified atom stereocenters. The van der Waals surface area contributed by atoms with Crippen LogP contribution in [-0.2, 0) is 24.0 Å². The Morgan fingerprint density at radius 3 is 1.20 bits per heavy atom. The van der Waals surface area contributed by atoms with Crippen molar-refractivity contribution in [2.75, 3.05) is 6.54 Å².